The van der Waals surface area contributed by atoms with E-state index in [1.807, 2.05) is 13.8 Å². The Balaban J connectivity index is 2.81. The van der Waals surface area contributed by atoms with Gasteiger partial charge in [-0.05, 0) is 39.0 Å². The molecule has 20 heavy (non-hydrogen) atoms. The second-order valence-electron chi connectivity index (χ2n) is 6.01. The fourth-order valence-corrected chi connectivity index (χ4v) is 2.47. The van der Waals surface area contributed by atoms with Crippen LogP contribution in [0.2, 0.25) is 0 Å². The van der Waals surface area contributed by atoms with Gasteiger partial charge in [0.2, 0.25) is 0 Å². The number of carbonyl (C=O) groups excluding carboxylic acids is 1. The molecule has 0 aromatic rings. The first-order valence-corrected chi connectivity index (χ1v) is 7.55. The van der Waals surface area contributed by atoms with Crippen LogP contribution in [0.4, 0.5) is 0 Å². The molecule has 0 spiro atoms. The molecule has 0 aromatic heterocycles. The Hall–Kier alpha value is -1.03. The van der Waals surface area contributed by atoms with Crippen LogP contribution in [0.3, 0.4) is 0 Å². The molecular formula is C16H28O4. The van der Waals surface area contributed by atoms with E-state index < -0.39 is 11.5 Å². The van der Waals surface area contributed by atoms with Crippen LogP contribution in [0.15, 0.2) is 12.3 Å². The Morgan fingerprint density at radius 2 is 2.00 bits per heavy atom. The van der Waals surface area contributed by atoms with Crippen molar-refractivity contribution in [2.45, 2.75) is 65.6 Å². The summed E-state index contributed by atoms with van der Waals surface area (Å²) >= 11 is 0. The summed E-state index contributed by atoms with van der Waals surface area (Å²) in [4.78, 5) is 12.2. The van der Waals surface area contributed by atoms with Crippen LogP contribution in [-0.4, -0.2) is 29.9 Å². The molecule has 1 N–H and O–H groups in total. The zero-order valence-electron chi connectivity index (χ0n) is 13.1. The monoisotopic (exact) mass is 284 g/mol. The van der Waals surface area contributed by atoms with E-state index in [1.54, 1.807) is 13.8 Å². The topological polar surface area (TPSA) is 55.8 Å². The molecule has 0 heterocycles. The molecule has 116 valence electrons. The molecule has 1 rings (SSSR count). The lowest BCUT2D eigenvalue weighted by atomic mass is 9.77. The lowest BCUT2D eigenvalue weighted by Gasteiger charge is -2.37. The van der Waals surface area contributed by atoms with Crippen molar-refractivity contribution < 1.29 is 19.4 Å². The predicted molar refractivity (Wildman–Crippen MR) is 78.1 cm³/mol. The first-order valence-electron chi connectivity index (χ1n) is 7.55. The second kappa shape index (κ2) is 7.11. The first kappa shape index (κ1) is 17.0. The zero-order chi connectivity index (χ0) is 15.3. The Kier molecular flexibility index (Phi) is 6.06. The van der Waals surface area contributed by atoms with Crippen LogP contribution in [0.1, 0.15) is 53.4 Å². The van der Waals surface area contributed by atoms with Gasteiger partial charge in [0.1, 0.15) is 17.3 Å². The fraction of sp³-hybridized carbons (Fsp3) is 0.812. The van der Waals surface area contributed by atoms with Gasteiger partial charge in [-0.2, -0.15) is 0 Å². The van der Waals surface area contributed by atoms with Gasteiger partial charge in [-0.25, -0.2) is 0 Å². The van der Waals surface area contributed by atoms with E-state index in [0.29, 0.717) is 12.4 Å². The molecule has 1 aliphatic rings. The highest BCUT2D eigenvalue weighted by molar-refractivity contribution is 5.79. The molecular weight excluding hydrogens is 256 g/mol. The van der Waals surface area contributed by atoms with Gasteiger partial charge in [-0.3, -0.25) is 4.79 Å². The Morgan fingerprint density at radius 3 is 2.50 bits per heavy atom. The van der Waals surface area contributed by atoms with Gasteiger partial charge in [-0.15, -0.1) is 0 Å². The zero-order valence-corrected chi connectivity index (χ0v) is 13.1. The molecule has 0 bridgehead atoms. The molecule has 3 atom stereocenters. The van der Waals surface area contributed by atoms with Crippen molar-refractivity contribution in [1.29, 1.82) is 0 Å². The summed E-state index contributed by atoms with van der Waals surface area (Å²) in [6, 6.07) is 0. The summed E-state index contributed by atoms with van der Waals surface area (Å²) in [6.07, 6.45) is 2.87. The quantitative estimate of drug-likeness (QED) is 0.601. The van der Waals surface area contributed by atoms with Gasteiger partial charge in [0.15, 0.2) is 0 Å². The summed E-state index contributed by atoms with van der Waals surface area (Å²) in [5.41, 5.74) is -0.882. The molecule has 0 unspecified atom stereocenters. The van der Waals surface area contributed by atoms with Crippen LogP contribution in [0.5, 0.6) is 0 Å². The number of rotatable bonds is 6. The maximum atomic E-state index is 12.2. The summed E-state index contributed by atoms with van der Waals surface area (Å²) in [5.74, 6) is 0.0944. The van der Waals surface area contributed by atoms with E-state index in [9.17, 15) is 9.90 Å². The molecule has 4 heteroatoms. The van der Waals surface area contributed by atoms with Crippen molar-refractivity contribution in [2.24, 2.45) is 11.3 Å². The molecule has 1 saturated carbocycles. The van der Waals surface area contributed by atoms with Crippen LogP contribution in [-0.2, 0) is 14.3 Å². The number of esters is 1. The number of aliphatic hydroxyl groups excluding tert-OH is 1. The summed E-state index contributed by atoms with van der Waals surface area (Å²) < 4.78 is 11.0. The van der Waals surface area contributed by atoms with Crippen molar-refractivity contribution in [3.8, 4) is 0 Å². The van der Waals surface area contributed by atoms with E-state index in [0.717, 1.165) is 25.7 Å². The summed E-state index contributed by atoms with van der Waals surface area (Å²) in [7, 11) is 0. The van der Waals surface area contributed by atoms with Gasteiger partial charge in [-0.1, -0.05) is 26.8 Å². The number of aliphatic hydroxyl groups is 1. The van der Waals surface area contributed by atoms with Crippen LogP contribution in [0, 0.1) is 11.3 Å². The normalized spacial score (nSPS) is 25.9. The predicted octanol–water partition coefficient (Wildman–Crippen LogP) is 3.05. The van der Waals surface area contributed by atoms with Crippen molar-refractivity contribution in [3.05, 3.63) is 12.3 Å². The highest BCUT2D eigenvalue weighted by Gasteiger charge is 2.44. The van der Waals surface area contributed by atoms with E-state index in [-0.39, 0.29) is 18.0 Å². The van der Waals surface area contributed by atoms with Gasteiger partial charge in [0.25, 0.3) is 0 Å². The van der Waals surface area contributed by atoms with Gasteiger partial charge in [0.05, 0.1) is 12.7 Å². The van der Waals surface area contributed by atoms with Crippen LogP contribution in [0.25, 0.3) is 0 Å². The van der Waals surface area contributed by atoms with E-state index in [1.165, 1.54) is 0 Å². The lowest BCUT2D eigenvalue weighted by Crippen LogP contribution is -2.41. The SMILES string of the molecule is C=C(O[C@H]1CCCC[C@@H]1O)[C@@](C)(C(=O)OCC)C(C)C. The van der Waals surface area contributed by atoms with Crippen molar-refractivity contribution in [1.82, 2.24) is 0 Å². The van der Waals surface area contributed by atoms with Crippen molar-refractivity contribution in [3.63, 3.8) is 0 Å². The average Bonchev–Trinajstić information content (AvgIpc) is 2.40. The molecule has 0 radical (unpaired) electrons. The number of hydrogen-bond donors (Lipinski definition) is 1. The second-order valence-corrected chi connectivity index (χ2v) is 6.01. The number of carbonyl (C=O) groups is 1. The van der Waals surface area contributed by atoms with Gasteiger partial charge >= 0.3 is 5.97 Å². The fourth-order valence-electron chi connectivity index (χ4n) is 2.47. The standard InChI is InChI=1S/C16H28O4/c1-6-19-15(18)16(5,11(2)3)12(4)20-14-10-8-7-9-13(14)17/h11,13-14,17H,4,6-10H2,1-3,5H3/t13-,14-,16-/m0/s1. The minimum Gasteiger partial charge on any atom is -0.491 e. The Morgan fingerprint density at radius 1 is 1.40 bits per heavy atom. The van der Waals surface area contributed by atoms with Crippen molar-refractivity contribution in [2.75, 3.05) is 6.61 Å². The van der Waals surface area contributed by atoms with Crippen LogP contribution >= 0.6 is 0 Å². The van der Waals surface area contributed by atoms with Crippen molar-refractivity contribution >= 4 is 5.97 Å². The lowest BCUT2D eigenvalue weighted by molar-refractivity contribution is -0.159. The minimum absolute atomic E-state index is 0.00906. The molecule has 1 fully saturated rings. The Bertz CT molecular complexity index is 350. The largest absolute Gasteiger partial charge is 0.491 e. The molecule has 0 aliphatic heterocycles. The smallest absolute Gasteiger partial charge is 0.319 e. The third-order valence-corrected chi connectivity index (χ3v) is 4.39. The third kappa shape index (κ3) is 3.54. The molecule has 0 amide bonds. The summed E-state index contributed by atoms with van der Waals surface area (Å²) in [5, 5.41) is 9.98. The highest BCUT2D eigenvalue weighted by Crippen LogP contribution is 2.38. The summed E-state index contributed by atoms with van der Waals surface area (Å²) in [6.45, 7) is 11.8. The van der Waals surface area contributed by atoms with E-state index in [4.69, 9.17) is 9.47 Å². The molecule has 4 nitrogen and oxygen atoms in total. The molecule has 1 aliphatic carbocycles. The number of hydrogen-bond acceptors (Lipinski definition) is 4. The number of ether oxygens (including phenoxy) is 2. The minimum atomic E-state index is -0.882. The first-order chi connectivity index (χ1) is 9.33. The third-order valence-electron chi connectivity index (χ3n) is 4.39. The molecule has 0 aromatic carbocycles. The molecule has 0 saturated heterocycles. The highest BCUT2D eigenvalue weighted by atomic mass is 16.5. The Labute approximate surface area is 122 Å². The maximum Gasteiger partial charge on any atom is 0.319 e. The maximum absolute atomic E-state index is 12.2. The van der Waals surface area contributed by atoms with E-state index in [2.05, 4.69) is 6.58 Å². The van der Waals surface area contributed by atoms with Gasteiger partial charge < -0.3 is 14.6 Å². The van der Waals surface area contributed by atoms with Crippen LogP contribution < -0.4 is 0 Å². The van der Waals surface area contributed by atoms with E-state index >= 15 is 0 Å². The average molecular weight is 284 g/mol. The van der Waals surface area contributed by atoms with Gasteiger partial charge in [0, 0.05) is 0 Å².